The molecule has 0 aromatic carbocycles. The Hall–Kier alpha value is -0.210. The molecule has 0 fully saturated rings. The summed E-state index contributed by atoms with van der Waals surface area (Å²) >= 11 is 7.60. The first-order valence-corrected chi connectivity index (χ1v) is 5.79. The van der Waals surface area contributed by atoms with Gasteiger partial charge in [0.15, 0.2) is 0 Å². The van der Waals surface area contributed by atoms with Crippen LogP contribution in [0.2, 0.25) is 5.15 Å². The largest absolute Gasteiger partial charge is 0.244 e. The van der Waals surface area contributed by atoms with E-state index >= 15 is 0 Å². The van der Waals surface area contributed by atoms with Gasteiger partial charge in [-0.05, 0) is 30.2 Å². The summed E-state index contributed by atoms with van der Waals surface area (Å²) in [5.74, 6) is 1.92. The summed E-state index contributed by atoms with van der Waals surface area (Å²) in [7, 11) is 0. The zero-order valence-corrected chi connectivity index (χ0v) is 9.53. The number of aromatic nitrogens is 1. The van der Waals surface area contributed by atoms with Crippen molar-refractivity contribution in [2.45, 2.75) is 25.2 Å². The third-order valence-electron chi connectivity index (χ3n) is 1.66. The summed E-state index contributed by atoms with van der Waals surface area (Å²) in [5.41, 5.74) is 0. The van der Waals surface area contributed by atoms with E-state index in [1.807, 2.05) is 23.9 Å². The van der Waals surface area contributed by atoms with Crippen LogP contribution in [-0.4, -0.2) is 10.7 Å². The van der Waals surface area contributed by atoms with Crippen LogP contribution in [0.3, 0.4) is 0 Å². The molecular formula is C10H14ClNS. The smallest absolute Gasteiger partial charge is 0.130 e. The van der Waals surface area contributed by atoms with Crippen molar-refractivity contribution in [1.82, 2.24) is 4.98 Å². The van der Waals surface area contributed by atoms with Crippen molar-refractivity contribution in [3.8, 4) is 0 Å². The molecule has 3 heteroatoms. The summed E-state index contributed by atoms with van der Waals surface area (Å²) in [6.07, 6.45) is 2.99. The van der Waals surface area contributed by atoms with Crippen molar-refractivity contribution in [2.24, 2.45) is 5.92 Å². The quantitative estimate of drug-likeness (QED) is 0.559. The topological polar surface area (TPSA) is 12.9 Å². The first-order chi connectivity index (χ1) is 6.18. The molecule has 1 aromatic heterocycles. The maximum absolute atomic E-state index is 5.76. The number of rotatable bonds is 4. The Morgan fingerprint density at radius 1 is 1.54 bits per heavy atom. The van der Waals surface area contributed by atoms with E-state index in [1.54, 1.807) is 6.20 Å². The lowest BCUT2D eigenvalue weighted by Crippen LogP contribution is -1.89. The molecule has 0 bridgehead atoms. The van der Waals surface area contributed by atoms with E-state index in [0.29, 0.717) is 5.15 Å². The van der Waals surface area contributed by atoms with E-state index in [4.69, 9.17) is 11.6 Å². The summed E-state index contributed by atoms with van der Waals surface area (Å²) in [5, 5.41) is 0.578. The molecule has 1 nitrogen and oxygen atoms in total. The van der Waals surface area contributed by atoms with Crippen molar-refractivity contribution in [3.63, 3.8) is 0 Å². The summed E-state index contributed by atoms with van der Waals surface area (Å²) in [6, 6.07) is 3.91. The maximum atomic E-state index is 5.76. The molecule has 0 saturated heterocycles. The van der Waals surface area contributed by atoms with Gasteiger partial charge in [-0.1, -0.05) is 25.4 Å². The Balaban J connectivity index is 2.37. The standard InChI is InChI=1S/C10H14ClNS/c1-8(2)4-6-13-9-3-5-12-10(11)7-9/h3,5,7-8H,4,6H2,1-2H3. The molecule has 72 valence electrons. The van der Waals surface area contributed by atoms with Gasteiger partial charge in [0.05, 0.1) is 0 Å². The average molecular weight is 216 g/mol. The summed E-state index contributed by atoms with van der Waals surface area (Å²) in [6.45, 7) is 4.47. The normalized spacial score (nSPS) is 10.8. The highest BCUT2D eigenvalue weighted by molar-refractivity contribution is 7.99. The Morgan fingerprint density at radius 2 is 2.31 bits per heavy atom. The average Bonchev–Trinajstić information content (AvgIpc) is 2.03. The van der Waals surface area contributed by atoms with Crippen molar-refractivity contribution >= 4 is 23.4 Å². The van der Waals surface area contributed by atoms with Crippen LogP contribution in [0.4, 0.5) is 0 Å². The lowest BCUT2D eigenvalue weighted by molar-refractivity contribution is 0.632. The third-order valence-corrected chi connectivity index (χ3v) is 2.90. The van der Waals surface area contributed by atoms with Crippen LogP contribution in [0.1, 0.15) is 20.3 Å². The molecule has 1 rings (SSSR count). The van der Waals surface area contributed by atoms with Gasteiger partial charge >= 0.3 is 0 Å². The number of thioether (sulfide) groups is 1. The second-order valence-corrected chi connectivity index (χ2v) is 4.90. The second-order valence-electron chi connectivity index (χ2n) is 3.35. The lowest BCUT2D eigenvalue weighted by atomic mass is 10.2. The molecule has 0 aliphatic carbocycles. The molecule has 0 unspecified atom stereocenters. The van der Waals surface area contributed by atoms with Crippen molar-refractivity contribution in [1.29, 1.82) is 0 Å². The van der Waals surface area contributed by atoms with Crippen LogP contribution in [0.25, 0.3) is 0 Å². The van der Waals surface area contributed by atoms with Gasteiger partial charge in [-0.2, -0.15) is 0 Å². The van der Waals surface area contributed by atoms with Crippen LogP contribution < -0.4 is 0 Å². The van der Waals surface area contributed by atoms with Gasteiger partial charge in [0, 0.05) is 11.1 Å². The predicted octanol–water partition coefficient (Wildman–Crippen LogP) is 3.87. The minimum Gasteiger partial charge on any atom is -0.244 e. The van der Waals surface area contributed by atoms with E-state index in [0.717, 1.165) is 11.7 Å². The Bertz CT molecular complexity index is 263. The molecule has 0 spiro atoms. The summed E-state index contributed by atoms with van der Waals surface area (Å²) < 4.78 is 0. The highest BCUT2D eigenvalue weighted by Crippen LogP contribution is 2.21. The second kappa shape index (κ2) is 5.51. The van der Waals surface area contributed by atoms with E-state index in [1.165, 1.54) is 11.3 Å². The highest BCUT2D eigenvalue weighted by atomic mass is 35.5. The zero-order chi connectivity index (χ0) is 9.68. The van der Waals surface area contributed by atoms with Gasteiger partial charge < -0.3 is 0 Å². The van der Waals surface area contributed by atoms with Crippen LogP contribution >= 0.6 is 23.4 Å². The van der Waals surface area contributed by atoms with Gasteiger partial charge in [-0.15, -0.1) is 11.8 Å². The molecule has 0 aliphatic heterocycles. The van der Waals surface area contributed by atoms with E-state index < -0.39 is 0 Å². The molecule has 0 N–H and O–H groups in total. The lowest BCUT2D eigenvalue weighted by Gasteiger charge is -2.03. The molecule has 0 aliphatic rings. The van der Waals surface area contributed by atoms with Gasteiger partial charge in [0.1, 0.15) is 5.15 Å². The zero-order valence-electron chi connectivity index (χ0n) is 7.96. The highest BCUT2D eigenvalue weighted by Gasteiger charge is 1.97. The predicted molar refractivity (Wildman–Crippen MR) is 59.4 cm³/mol. The number of halogens is 1. The minimum absolute atomic E-state index is 0.578. The Kier molecular flexibility index (Phi) is 4.60. The first kappa shape index (κ1) is 10.9. The SMILES string of the molecule is CC(C)CCSc1ccnc(Cl)c1. The molecular weight excluding hydrogens is 202 g/mol. The maximum Gasteiger partial charge on any atom is 0.130 e. The van der Waals surface area contributed by atoms with E-state index in [-0.39, 0.29) is 0 Å². The third kappa shape index (κ3) is 4.53. The Labute approximate surface area is 88.9 Å². The van der Waals surface area contributed by atoms with Crippen LogP contribution in [-0.2, 0) is 0 Å². The van der Waals surface area contributed by atoms with Crippen LogP contribution in [0.5, 0.6) is 0 Å². The van der Waals surface area contributed by atoms with Gasteiger partial charge in [-0.3, -0.25) is 0 Å². The number of hydrogen-bond acceptors (Lipinski definition) is 2. The van der Waals surface area contributed by atoms with Gasteiger partial charge in [0.2, 0.25) is 0 Å². The van der Waals surface area contributed by atoms with E-state index in [9.17, 15) is 0 Å². The van der Waals surface area contributed by atoms with Crippen molar-refractivity contribution in [3.05, 3.63) is 23.5 Å². The summed E-state index contributed by atoms with van der Waals surface area (Å²) in [4.78, 5) is 5.14. The van der Waals surface area contributed by atoms with Crippen LogP contribution in [0.15, 0.2) is 23.2 Å². The fraction of sp³-hybridized carbons (Fsp3) is 0.500. The van der Waals surface area contributed by atoms with Gasteiger partial charge in [-0.25, -0.2) is 4.98 Å². The fourth-order valence-corrected chi connectivity index (χ4v) is 2.30. The van der Waals surface area contributed by atoms with Crippen molar-refractivity contribution < 1.29 is 0 Å². The van der Waals surface area contributed by atoms with Gasteiger partial charge in [0.25, 0.3) is 0 Å². The molecule has 0 amide bonds. The minimum atomic E-state index is 0.578. The van der Waals surface area contributed by atoms with Crippen molar-refractivity contribution in [2.75, 3.05) is 5.75 Å². The first-order valence-electron chi connectivity index (χ1n) is 4.43. The number of hydrogen-bond donors (Lipinski definition) is 0. The molecule has 13 heavy (non-hydrogen) atoms. The molecule has 0 atom stereocenters. The number of nitrogens with zero attached hydrogens (tertiary/aromatic N) is 1. The number of pyridine rings is 1. The van der Waals surface area contributed by atoms with Crippen LogP contribution in [0, 0.1) is 5.92 Å². The molecule has 1 aromatic rings. The monoisotopic (exact) mass is 215 g/mol. The molecule has 0 saturated carbocycles. The molecule has 0 radical (unpaired) electrons. The Morgan fingerprint density at radius 3 is 2.92 bits per heavy atom. The fourth-order valence-electron chi connectivity index (χ4n) is 0.887. The molecule has 1 heterocycles. The van der Waals surface area contributed by atoms with E-state index in [2.05, 4.69) is 18.8 Å².